The summed E-state index contributed by atoms with van der Waals surface area (Å²) < 4.78 is 33.9. The van der Waals surface area contributed by atoms with Crippen LogP contribution in [0.5, 0.6) is 5.88 Å². The summed E-state index contributed by atoms with van der Waals surface area (Å²) in [4.78, 5) is 16.6. The number of pyridine rings is 1. The zero-order chi connectivity index (χ0) is 26.8. The molecule has 6 nitrogen and oxygen atoms in total. The molecule has 0 saturated heterocycles. The Bertz CT molecular complexity index is 1090. The Labute approximate surface area is 218 Å². The van der Waals surface area contributed by atoms with Crippen LogP contribution < -0.4 is 15.4 Å². The molecule has 8 heteroatoms. The second kappa shape index (κ2) is 11.0. The molecular weight excluding hydrogens is 476 g/mol. The van der Waals surface area contributed by atoms with Gasteiger partial charge in [0.25, 0.3) is 0 Å². The van der Waals surface area contributed by atoms with E-state index in [-0.39, 0.29) is 35.9 Å². The summed E-state index contributed by atoms with van der Waals surface area (Å²) in [5, 5.41) is 17.3. The number of halogens is 2. The van der Waals surface area contributed by atoms with Crippen molar-refractivity contribution >= 4 is 5.91 Å². The third-order valence-corrected chi connectivity index (χ3v) is 7.25. The summed E-state index contributed by atoms with van der Waals surface area (Å²) in [5.41, 5.74) is 2.33. The number of rotatable bonds is 8. The van der Waals surface area contributed by atoms with E-state index in [1.165, 1.54) is 19.1 Å². The number of carbonyl (C=O) groups is 1. The summed E-state index contributed by atoms with van der Waals surface area (Å²) in [6.45, 7) is 8.12. The molecule has 4 rings (SSSR count). The van der Waals surface area contributed by atoms with E-state index < -0.39 is 23.8 Å². The largest absolute Gasteiger partial charge is 0.471 e. The minimum absolute atomic E-state index is 0.0755. The van der Waals surface area contributed by atoms with Gasteiger partial charge in [0, 0.05) is 43.8 Å². The lowest BCUT2D eigenvalue weighted by Gasteiger charge is -2.40. The van der Waals surface area contributed by atoms with Gasteiger partial charge in [-0.15, -0.1) is 0 Å². The number of aliphatic hydroxyl groups excluding tert-OH is 1. The van der Waals surface area contributed by atoms with E-state index >= 15 is 0 Å². The monoisotopic (exact) mass is 515 g/mol. The van der Waals surface area contributed by atoms with E-state index in [1.54, 1.807) is 0 Å². The van der Waals surface area contributed by atoms with Gasteiger partial charge in [0.15, 0.2) is 0 Å². The topological polar surface area (TPSA) is 83.5 Å². The molecule has 0 unspecified atom stereocenters. The smallest absolute Gasteiger partial charge is 0.218 e. The van der Waals surface area contributed by atoms with Crippen LogP contribution >= 0.6 is 0 Å². The predicted octanol–water partition coefficient (Wildman–Crippen LogP) is 4.78. The standard InChI is InChI=1S/C29H39F2N3O3/c1-18(35)34-24(12-19-9-21(30)13-22(31)10-19)26(36)17-32-25-15-29(7-5-6-8-29)37-27-23(25)11-20(16-33-27)14-28(2,3)4/h9-11,13,16,24-26,32,36H,5-8,12,14-15,17H2,1-4H3,(H,34,35)/t24-,25-,26-/m0/s1. The molecule has 1 aromatic carbocycles. The van der Waals surface area contributed by atoms with Gasteiger partial charge in [-0.25, -0.2) is 13.8 Å². The maximum atomic E-state index is 13.7. The van der Waals surface area contributed by atoms with Crippen molar-refractivity contribution in [3.8, 4) is 5.88 Å². The van der Waals surface area contributed by atoms with Crippen molar-refractivity contribution in [2.45, 2.75) is 96.4 Å². The Kier molecular flexibility index (Phi) is 8.19. The highest BCUT2D eigenvalue weighted by atomic mass is 19.1. The number of nitrogens with one attached hydrogen (secondary N) is 2. The molecule has 37 heavy (non-hydrogen) atoms. The lowest BCUT2D eigenvalue weighted by Crippen LogP contribution is -2.50. The van der Waals surface area contributed by atoms with E-state index in [0.29, 0.717) is 11.4 Å². The number of carbonyl (C=O) groups excluding carboxylic acids is 1. The molecule has 2 heterocycles. The fourth-order valence-electron chi connectivity index (χ4n) is 5.73. The van der Waals surface area contributed by atoms with Crippen molar-refractivity contribution < 1.29 is 23.4 Å². The lowest BCUT2D eigenvalue weighted by atomic mass is 9.84. The highest BCUT2D eigenvalue weighted by Crippen LogP contribution is 2.46. The van der Waals surface area contributed by atoms with E-state index in [0.717, 1.165) is 55.7 Å². The fourth-order valence-corrected chi connectivity index (χ4v) is 5.73. The van der Waals surface area contributed by atoms with E-state index in [1.807, 2.05) is 6.20 Å². The number of nitrogens with zero attached hydrogens (tertiary/aromatic N) is 1. The Hall–Kier alpha value is -2.58. The number of aromatic nitrogens is 1. The van der Waals surface area contributed by atoms with Gasteiger partial charge in [-0.2, -0.15) is 0 Å². The first kappa shape index (κ1) is 27.5. The number of hydrogen-bond donors (Lipinski definition) is 3. The van der Waals surface area contributed by atoms with Gasteiger partial charge in [0.2, 0.25) is 11.8 Å². The van der Waals surface area contributed by atoms with Crippen LogP contribution in [0.3, 0.4) is 0 Å². The van der Waals surface area contributed by atoms with Gasteiger partial charge < -0.3 is 20.5 Å². The van der Waals surface area contributed by atoms with Crippen molar-refractivity contribution in [3.63, 3.8) is 0 Å². The first-order valence-electron chi connectivity index (χ1n) is 13.2. The molecule has 1 aliphatic heterocycles. The van der Waals surface area contributed by atoms with Crippen molar-refractivity contribution in [3.05, 3.63) is 58.8 Å². The number of fused-ring (bicyclic) bond motifs is 1. The number of benzene rings is 1. The number of ether oxygens (including phenoxy) is 1. The van der Waals surface area contributed by atoms with Gasteiger partial charge in [-0.1, -0.05) is 20.8 Å². The molecule has 3 atom stereocenters. The van der Waals surface area contributed by atoms with E-state index in [9.17, 15) is 18.7 Å². The molecule has 1 aliphatic carbocycles. The van der Waals surface area contributed by atoms with Crippen molar-refractivity contribution in [2.75, 3.05) is 6.54 Å². The number of amides is 1. The minimum Gasteiger partial charge on any atom is -0.471 e. The highest BCUT2D eigenvalue weighted by Gasteiger charge is 2.44. The molecule has 2 aliphatic rings. The zero-order valence-electron chi connectivity index (χ0n) is 22.2. The van der Waals surface area contributed by atoms with Crippen LogP contribution in [-0.2, 0) is 17.6 Å². The second-order valence-electron chi connectivity index (χ2n) is 12.0. The first-order chi connectivity index (χ1) is 17.4. The summed E-state index contributed by atoms with van der Waals surface area (Å²) in [6, 6.07) is 4.61. The summed E-state index contributed by atoms with van der Waals surface area (Å²) in [7, 11) is 0. The fraction of sp³-hybridized carbons (Fsp3) is 0.586. The van der Waals surface area contributed by atoms with Gasteiger partial charge in [-0.05, 0) is 73.3 Å². The first-order valence-corrected chi connectivity index (χ1v) is 13.2. The molecule has 0 radical (unpaired) electrons. The van der Waals surface area contributed by atoms with Crippen LogP contribution in [0.1, 0.15) is 82.5 Å². The average molecular weight is 516 g/mol. The predicted molar refractivity (Wildman–Crippen MR) is 138 cm³/mol. The number of aliphatic hydroxyl groups is 1. The Morgan fingerprint density at radius 1 is 1.16 bits per heavy atom. The number of hydrogen-bond acceptors (Lipinski definition) is 5. The Morgan fingerprint density at radius 2 is 1.84 bits per heavy atom. The minimum atomic E-state index is -0.980. The summed E-state index contributed by atoms with van der Waals surface area (Å²) in [6.07, 6.45) is 6.83. The molecule has 1 aromatic heterocycles. The highest BCUT2D eigenvalue weighted by molar-refractivity contribution is 5.73. The maximum absolute atomic E-state index is 13.7. The summed E-state index contributed by atoms with van der Waals surface area (Å²) >= 11 is 0. The van der Waals surface area contributed by atoms with Crippen LogP contribution in [0.2, 0.25) is 0 Å². The van der Waals surface area contributed by atoms with Crippen molar-refractivity contribution in [2.24, 2.45) is 5.41 Å². The van der Waals surface area contributed by atoms with Crippen LogP contribution in [-0.4, -0.2) is 40.3 Å². The SMILES string of the molecule is CC(=O)N[C@@H](Cc1cc(F)cc(F)c1)[C@@H](O)CN[C@H]1CC2(CCCC2)Oc2ncc(CC(C)(C)C)cc21. The molecule has 1 spiro atoms. The van der Waals surface area contributed by atoms with E-state index in [4.69, 9.17) is 9.72 Å². The Balaban J connectivity index is 1.53. The molecule has 1 saturated carbocycles. The zero-order valence-corrected chi connectivity index (χ0v) is 22.2. The average Bonchev–Trinajstić information content (AvgIpc) is 3.22. The van der Waals surface area contributed by atoms with Gasteiger partial charge in [-0.3, -0.25) is 4.79 Å². The summed E-state index contributed by atoms with van der Waals surface area (Å²) in [5.74, 6) is -1.06. The molecule has 202 valence electrons. The van der Waals surface area contributed by atoms with Crippen LogP contribution in [0.4, 0.5) is 8.78 Å². The van der Waals surface area contributed by atoms with Crippen LogP contribution in [0, 0.1) is 17.0 Å². The molecular formula is C29H39F2N3O3. The maximum Gasteiger partial charge on any atom is 0.218 e. The lowest BCUT2D eigenvalue weighted by molar-refractivity contribution is -0.120. The molecule has 0 bridgehead atoms. The van der Waals surface area contributed by atoms with Gasteiger partial charge in [0.1, 0.15) is 17.2 Å². The van der Waals surface area contributed by atoms with E-state index in [2.05, 4.69) is 37.5 Å². The normalized spacial score (nSPS) is 20.2. The molecule has 2 aromatic rings. The van der Waals surface area contributed by atoms with Crippen LogP contribution in [0.25, 0.3) is 0 Å². The van der Waals surface area contributed by atoms with Crippen molar-refractivity contribution in [1.29, 1.82) is 0 Å². The molecule has 1 amide bonds. The van der Waals surface area contributed by atoms with Crippen LogP contribution in [0.15, 0.2) is 30.5 Å². The third kappa shape index (κ3) is 7.26. The Morgan fingerprint density at radius 3 is 2.46 bits per heavy atom. The molecule has 3 N–H and O–H groups in total. The third-order valence-electron chi connectivity index (χ3n) is 7.25. The quantitative estimate of drug-likeness (QED) is 0.471. The van der Waals surface area contributed by atoms with Crippen molar-refractivity contribution in [1.82, 2.24) is 15.6 Å². The van der Waals surface area contributed by atoms with Gasteiger partial charge in [0.05, 0.1) is 12.1 Å². The second-order valence-corrected chi connectivity index (χ2v) is 12.0. The van der Waals surface area contributed by atoms with Gasteiger partial charge >= 0.3 is 0 Å². The molecule has 1 fully saturated rings.